The molecule has 0 saturated heterocycles. The van der Waals surface area contributed by atoms with Gasteiger partial charge in [-0.25, -0.2) is 0 Å². The summed E-state index contributed by atoms with van der Waals surface area (Å²) in [5, 5.41) is 3.24. The molecule has 3 nitrogen and oxygen atoms in total. The van der Waals surface area contributed by atoms with E-state index >= 15 is 0 Å². The average Bonchev–Trinajstić information content (AvgIpc) is 2.30. The van der Waals surface area contributed by atoms with Crippen LogP contribution >= 0.6 is 15.9 Å². The van der Waals surface area contributed by atoms with Crippen LogP contribution in [0.2, 0.25) is 0 Å². The highest BCUT2D eigenvalue weighted by molar-refractivity contribution is 9.10. The van der Waals surface area contributed by atoms with E-state index in [4.69, 9.17) is 4.74 Å². The Morgan fingerprint density at radius 1 is 1.30 bits per heavy atom. The van der Waals surface area contributed by atoms with Gasteiger partial charge in [-0.2, -0.15) is 0 Å². The van der Waals surface area contributed by atoms with E-state index in [1.54, 1.807) is 0 Å². The standard InChI is InChI=1S/C13H17BrF3NO2/c1-9(2)18-6-3-7-19-10-4-5-12(11(14)8-10)20-13(15,16)17/h4-5,8-9,18H,3,6-7H2,1-2H3. The first-order valence-electron chi connectivity index (χ1n) is 6.19. The number of hydrogen-bond acceptors (Lipinski definition) is 3. The first-order chi connectivity index (χ1) is 9.28. The fraction of sp³-hybridized carbons (Fsp3) is 0.538. The third kappa shape index (κ3) is 7.00. The van der Waals surface area contributed by atoms with Gasteiger partial charge in [0.15, 0.2) is 0 Å². The summed E-state index contributed by atoms with van der Waals surface area (Å²) in [6, 6.07) is 4.54. The highest BCUT2D eigenvalue weighted by Gasteiger charge is 2.31. The maximum absolute atomic E-state index is 12.1. The molecule has 0 aliphatic carbocycles. The van der Waals surface area contributed by atoms with Gasteiger partial charge in [-0.1, -0.05) is 13.8 Å². The summed E-state index contributed by atoms with van der Waals surface area (Å²) in [6.45, 7) is 5.43. The molecule has 7 heteroatoms. The number of ether oxygens (including phenoxy) is 2. The molecule has 0 spiro atoms. The molecule has 1 N–H and O–H groups in total. The molecule has 0 aromatic heterocycles. The minimum atomic E-state index is -4.70. The van der Waals surface area contributed by atoms with Crippen molar-refractivity contribution in [3.8, 4) is 11.5 Å². The molecule has 0 saturated carbocycles. The zero-order valence-electron chi connectivity index (χ0n) is 11.3. The second-order valence-corrected chi connectivity index (χ2v) is 5.31. The first kappa shape index (κ1) is 17.1. The maximum atomic E-state index is 12.1. The van der Waals surface area contributed by atoms with E-state index in [1.807, 2.05) is 0 Å². The maximum Gasteiger partial charge on any atom is 0.573 e. The van der Waals surface area contributed by atoms with Crippen molar-refractivity contribution in [3.05, 3.63) is 22.7 Å². The van der Waals surface area contributed by atoms with Gasteiger partial charge >= 0.3 is 6.36 Å². The van der Waals surface area contributed by atoms with Crippen LogP contribution in [0.4, 0.5) is 13.2 Å². The Kier molecular flexibility index (Phi) is 6.61. The molecule has 0 aliphatic rings. The summed E-state index contributed by atoms with van der Waals surface area (Å²) in [7, 11) is 0. The van der Waals surface area contributed by atoms with Gasteiger partial charge in [-0.05, 0) is 47.1 Å². The van der Waals surface area contributed by atoms with Gasteiger partial charge in [0.2, 0.25) is 0 Å². The van der Waals surface area contributed by atoms with E-state index in [1.165, 1.54) is 18.2 Å². The van der Waals surface area contributed by atoms with Crippen molar-refractivity contribution in [2.45, 2.75) is 32.7 Å². The van der Waals surface area contributed by atoms with Crippen molar-refractivity contribution < 1.29 is 22.6 Å². The predicted molar refractivity (Wildman–Crippen MR) is 74.1 cm³/mol. The smallest absolute Gasteiger partial charge is 0.494 e. The van der Waals surface area contributed by atoms with Crippen molar-refractivity contribution in [2.75, 3.05) is 13.2 Å². The summed E-state index contributed by atoms with van der Waals surface area (Å²) < 4.78 is 45.8. The lowest BCUT2D eigenvalue weighted by molar-refractivity contribution is -0.274. The van der Waals surface area contributed by atoms with Crippen molar-refractivity contribution in [2.24, 2.45) is 0 Å². The van der Waals surface area contributed by atoms with Gasteiger partial charge in [-0.3, -0.25) is 0 Å². The van der Waals surface area contributed by atoms with Crippen LogP contribution in [0.5, 0.6) is 11.5 Å². The fourth-order valence-electron chi connectivity index (χ4n) is 1.43. The van der Waals surface area contributed by atoms with Crippen LogP contribution in [0.15, 0.2) is 22.7 Å². The molecule has 0 unspecified atom stereocenters. The predicted octanol–water partition coefficient (Wildman–Crippen LogP) is 4.11. The average molecular weight is 356 g/mol. The Bertz CT molecular complexity index is 425. The van der Waals surface area contributed by atoms with Crippen LogP contribution < -0.4 is 14.8 Å². The molecule has 0 amide bonds. The SMILES string of the molecule is CC(C)NCCCOc1ccc(OC(F)(F)F)c(Br)c1. The van der Waals surface area contributed by atoms with Crippen LogP contribution in [0.3, 0.4) is 0 Å². The van der Waals surface area contributed by atoms with Crippen molar-refractivity contribution in [1.82, 2.24) is 5.32 Å². The monoisotopic (exact) mass is 355 g/mol. The molecular weight excluding hydrogens is 339 g/mol. The Morgan fingerprint density at radius 2 is 2.00 bits per heavy atom. The molecule has 1 aromatic rings. The summed E-state index contributed by atoms with van der Waals surface area (Å²) in [5.74, 6) is 0.210. The quantitative estimate of drug-likeness (QED) is 0.746. The van der Waals surface area contributed by atoms with Gasteiger partial charge in [0.25, 0.3) is 0 Å². The molecule has 0 bridgehead atoms. The third-order valence-corrected chi connectivity index (χ3v) is 2.89. The van der Waals surface area contributed by atoms with Gasteiger partial charge in [0, 0.05) is 6.04 Å². The minimum absolute atomic E-state index is 0.202. The molecule has 1 rings (SSSR count). The Hall–Kier alpha value is -0.950. The van der Waals surface area contributed by atoms with Crippen LogP contribution in [0.1, 0.15) is 20.3 Å². The molecule has 20 heavy (non-hydrogen) atoms. The second-order valence-electron chi connectivity index (χ2n) is 4.45. The number of benzene rings is 1. The van der Waals surface area contributed by atoms with E-state index in [-0.39, 0.29) is 10.2 Å². The molecule has 0 atom stereocenters. The Balaban J connectivity index is 2.43. The van der Waals surface area contributed by atoms with Crippen LogP contribution in [-0.4, -0.2) is 25.6 Å². The normalized spacial score (nSPS) is 11.8. The molecule has 1 aromatic carbocycles. The molecule has 0 fully saturated rings. The zero-order valence-corrected chi connectivity index (χ0v) is 12.8. The minimum Gasteiger partial charge on any atom is -0.494 e. The van der Waals surface area contributed by atoms with Crippen LogP contribution in [-0.2, 0) is 0 Å². The van der Waals surface area contributed by atoms with Gasteiger partial charge < -0.3 is 14.8 Å². The molecular formula is C13H17BrF3NO2. The molecule has 114 valence electrons. The van der Waals surface area contributed by atoms with E-state index < -0.39 is 6.36 Å². The van der Waals surface area contributed by atoms with Crippen molar-refractivity contribution in [3.63, 3.8) is 0 Å². The van der Waals surface area contributed by atoms with Crippen molar-refractivity contribution in [1.29, 1.82) is 0 Å². The number of nitrogens with one attached hydrogen (secondary N) is 1. The van der Waals surface area contributed by atoms with Crippen LogP contribution in [0, 0.1) is 0 Å². The lowest BCUT2D eigenvalue weighted by atomic mass is 10.3. The lowest BCUT2D eigenvalue weighted by Crippen LogP contribution is -2.24. The Morgan fingerprint density at radius 3 is 2.55 bits per heavy atom. The van der Waals surface area contributed by atoms with Crippen molar-refractivity contribution >= 4 is 15.9 Å². The summed E-state index contributed by atoms with van der Waals surface area (Å²) >= 11 is 3.02. The Labute approximate surface area is 124 Å². The number of hydrogen-bond donors (Lipinski definition) is 1. The topological polar surface area (TPSA) is 30.5 Å². The molecule has 0 radical (unpaired) electrons. The lowest BCUT2D eigenvalue weighted by Gasteiger charge is -2.12. The molecule has 0 heterocycles. The molecule has 0 aliphatic heterocycles. The third-order valence-electron chi connectivity index (χ3n) is 2.27. The summed E-state index contributed by atoms with van der Waals surface area (Å²) in [4.78, 5) is 0. The largest absolute Gasteiger partial charge is 0.573 e. The van der Waals surface area contributed by atoms with E-state index in [0.717, 1.165) is 13.0 Å². The van der Waals surface area contributed by atoms with Crippen LogP contribution in [0.25, 0.3) is 0 Å². The summed E-state index contributed by atoms with van der Waals surface area (Å²) in [6.07, 6.45) is -3.88. The first-order valence-corrected chi connectivity index (χ1v) is 6.98. The van der Waals surface area contributed by atoms with E-state index in [2.05, 4.69) is 39.8 Å². The number of halogens is 4. The number of rotatable bonds is 7. The highest BCUT2D eigenvalue weighted by Crippen LogP contribution is 2.33. The number of alkyl halides is 3. The van der Waals surface area contributed by atoms with E-state index in [9.17, 15) is 13.2 Å². The van der Waals surface area contributed by atoms with Gasteiger partial charge in [0.05, 0.1) is 11.1 Å². The van der Waals surface area contributed by atoms with E-state index in [0.29, 0.717) is 18.4 Å². The highest BCUT2D eigenvalue weighted by atomic mass is 79.9. The zero-order chi connectivity index (χ0) is 15.2. The fourth-order valence-corrected chi connectivity index (χ4v) is 1.87. The second kappa shape index (κ2) is 7.73. The van der Waals surface area contributed by atoms with Gasteiger partial charge in [0.1, 0.15) is 11.5 Å². The van der Waals surface area contributed by atoms with Gasteiger partial charge in [-0.15, -0.1) is 13.2 Å². The summed E-state index contributed by atoms with van der Waals surface area (Å²) in [5.41, 5.74) is 0.